The van der Waals surface area contributed by atoms with Crippen LogP contribution in [0.15, 0.2) is 24.3 Å². The van der Waals surface area contributed by atoms with Gasteiger partial charge < -0.3 is 20.3 Å². The summed E-state index contributed by atoms with van der Waals surface area (Å²) in [6.07, 6.45) is 0.384. The SMILES string of the molecule is CCNC(=O)[C@H]1CCN(C(=O)CC(=O)Nc2ccccc2OCC)C1. The van der Waals surface area contributed by atoms with Gasteiger partial charge in [0.2, 0.25) is 17.7 Å². The normalized spacial score (nSPS) is 16.4. The zero-order valence-electron chi connectivity index (χ0n) is 14.7. The molecular formula is C18H25N3O4. The summed E-state index contributed by atoms with van der Waals surface area (Å²) in [5.74, 6) is -0.307. The van der Waals surface area contributed by atoms with Crippen molar-refractivity contribution in [1.82, 2.24) is 10.2 Å². The van der Waals surface area contributed by atoms with Crippen molar-refractivity contribution >= 4 is 23.4 Å². The quantitative estimate of drug-likeness (QED) is 0.730. The first-order chi connectivity index (χ1) is 12.0. The summed E-state index contributed by atoms with van der Waals surface area (Å²) in [5.41, 5.74) is 0.545. The molecule has 25 heavy (non-hydrogen) atoms. The minimum atomic E-state index is -0.390. The van der Waals surface area contributed by atoms with Crippen molar-refractivity contribution in [3.63, 3.8) is 0 Å². The van der Waals surface area contributed by atoms with Gasteiger partial charge in [0.05, 0.1) is 18.2 Å². The fraction of sp³-hybridized carbons (Fsp3) is 0.500. The van der Waals surface area contributed by atoms with E-state index < -0.39 is 5.91 Å². The van der Waals surface area contributed by atoms with Gasteiger partial charge in [-0.1, -0.05) is 12.1 Å². The van der Waals surface area contributed by atoms with Gasteiger partial charge in [0.25, 0.3) is 0 Å². The minimum absolute atomic E-state index is 0.0344. The summed E-state index contributed by atoms with van der Waals surface area (Å²) in [6.45, 7) is 5.66. The Hall–Kier alpha value is -2.57. The third kappa shape index (κ3) is 5.20. The van der Waals surface area contributed by atoms with E-state index in [-0.39, 0.29) is 24.2 Å². The summed E-state index contributed by atoms with van der Waals surface area (Å²) in [5, 5.41) is 5.48. The van der Waals surface area contributed by atoms with E-state index in [1.165, 1.54) is 0 Å². The topological polar surface area (TPSA) is 87.7 Å². The van der Waals surface area contributed by atoms with E-state index in [2.05, 4.69) is 10.6 Å². The van der Waals surface area contributed by atoms with E-state index in [1.54, 1.807) is 23.1 Å². The Morgan fingerprint density at radius 3 is 2.72 bits per heavy atom. The molecule has 0 unspecified atom stereocenters. The van der Waals surface area contributed by atoms with E-state index >= 15 is 0 Å². The summed E-state index contributed by atoms with van der Waals surface area (Å²) >= 11 is 0. The Balaban J connectivity index is 1.87. The van der Waals surface area contributed by atoms with Crippen LogP contribution in [0.1, 0.15) is 26.7 Å². The van der Waals surface area contributed by atoms with Crippen LogP contribution in [0, 0.1) is 5.92 Å². The monoisotopic (exact) mass is 347 g/mol. The molecule has 0 aliphatic carbocycles. The maximum absolute atomic E-state index is 12.3. The van der Waals surface area contributed by atoms with E-state index in [1.807, 2.05) is 19.9 Å². The van der Waals surface area contributed by atoms with Crippen LogP contribution in [0.2, 0.25) is 0 Å². The minimum Gasteiger partial charge on any atom is -0.492 e. The molecule has 2 N–H and O–H groups in total. The number of ether oxygens (including phenoxy) is 1. The van der Waals surface area contributed by atoms with Crippen molar-refractivity contribution in [2.45, 2.75) is 26.7 Å². The lowest BCUT2D eigenvalue weighted by Gasteiger charge is -2.17. The van der Waals surface area contributed by atoms with Gasteiger partial charge in [0.15, 0.2) is 0 Å². The van der Waals surface area contributed by atoms with Crippen molar-refractivity contribution < 1.29 is 19.1 Å². The van der Waals surface area contributed by atoms with Gasteiger partial charge in [0, 0.05) is 19.6 Å². The predicted octanol–water partition coefficient (Wildman–Crippen LogP) is 1.40. The zero-order chi connectivity index (χ0) is 18.2. The maximum atomic E-state index is 12.3. The van der Waals surface area contributed by atoms with Crippen LogP contribution in [0.5, 0.6) is 5.75 Å². The second-order valence-corrected chi connectivity index (χ2v) is 5.87. The molecule has 136 valence electrons. The Kier molecular flexibility index (Phi) is 6.80. The fourth-order valence-electron chi connectivity index (χ4n) is 2.81. The summed E-state index contributed by atoms with van der Waals surface area (Å²) < 4.78 is 5.45. The number of carbonyl (C=O) groups excluding carboxylic acids is 3. The standard InChI is InChI=1S/C18H25N3O4/c1-3-19-18(24)13-9-10-21(12-13)17(23)11-16(22)20-14-7-5-6-8-15(14)25-4-2/h5-8,13H,3-4,9-12H2,1-2H3,(H,19,24)(H,20,22)/t13-/m0/s1. The molecule has 2 rings (SSSR count). The number of amides is 3. The molecule has 0 radical (unpaired) electrons. The van der Waals surface area contributed by atoms with Crippen LogP contribution >= 0.6 is 0 Å². The van der Waals surface area contributed by atoms with Gasteiger partial charge in [-0.25, -0.2) is 0 Å². The molecule has 1 aliphatic heterocycles. The van der Waals surface area contributed by atoms with Gasteiger partial charge >= 0.3 is 0 Å². The fourth-order valence-corrected chi connectivity index (χ4v) is 2.81. The molecular weight excluding hydrogens is 322 g/mol. The summed E-state index contributed by atoms with van der Waals surface area (Å²) in [4.78, 5) is 37.9. The lowest BCUT2D eigenvalue weighted by Crippen LogP contribution is -2.35. The smallest absolute Gasteiger partial charge is 0.233 e. The van der Waals surface area contributed by atoms with Gasteiger partial charge in [0.1, 0.15) is 12.2 Å². The van der Waals surface area contributed by atoms with Crippen LogP contribution in [0.4, 0.5) is 5.69 Å². The number of carbonyl (C=O) groups is 3. The molecule has 7 nitrogen and oxygen atoms in total. The van der Waals surface area contributed by atoms with Crippen LogP contribution in [-0.4, -0.2) is 48.9 Å². The van der Waals surface area contributed by atoms with Crippen molar-refractivity contribution in [1.29, 1.82) is 0 Å². The summed E-state index contributed by atoms with van der Waals surface area (Å²) in [6, 6.07) is 7.10. The van der Waals surface area contributed by atoms with Crippen LogP contribution in [-0.2, 0) is 14.4 Å². The third-order valence-electron chi connectivity index (χ3n) is 4.04. The molecule has 7 heteroatoms. The number of nitrogens with zero attached hydrogens (tertiary/aromatic N) is 1. The first-order valence-corrected chi connectivity index (χ1v) is 8.62. The molecule has 1 saturated heterocycles. The highest BCUT2D eigenvalue weighted by atomic mass is 16.5. The van der Waals surface area contributed by atoms with Crippen LogP contribution < -0.4 is 15.4 Å². The molecule has 0 bridgehead atoms. The van der Waals surface area contributed by atoms with Gasteiger partial charge in [-0.15, -0.1) is 0 Å². The van der Waals surface area contributed by atoms with Crippen molar-refractivity contribution in [2.75, 3.05) is 31.6 Å². The van der Waals surface area contributed by atoms with E-state index in [0.717, 1.165) is 0 Å². The number of para-hydroxylation sites is 2. The highest BCUT2D eigenvalue weighted by molar-refractivity contribution is 6.04. The van der Waals surface area contributed by atoms with Crippen LogP contribution in [0.25, 0.3) is 0 Å². The van der Waals surface area contributed by atoms with Crippen LogP contribution in [0.3, 0.4) is 0 Å². The molecule has 1 fully saturated rings. The van der Waals surface area contributed by atoms with Crippen molar-refractivity contribution in [3.8, 4) is 5.75 Å². The van der Waals surface area contributed by atoms with E-state index in [0.29, 0.717) is 44.1 Å². The number of benzene rings is 1. The average molecular weight is 347 g/mol. The molecule has 0 spiro atoms. The average Bonchev–Trinajstić information content (AvgIpc) is 3.07. The molecule has 1 aromatic rings. The van der Waals surface area contributed by atoms with Gasteiger partial charge in [-0.2, -0.15) is 0 Å². The van der Waals surface area contributed by atoms with E-state index in [9.17, 15) is 14.4 Å². The third-order valence-corrected chi connectivity index (χ3v) is 4.04. The molecule has 1 aromatic carbocycles. The Bertz CT molecular complexity index is 633. The Labute approximate surface area is 147 Å². The number of likely N-dealkylation sites (tertiary alicyclic amines) is 1. The lowest BCUT2D eigenvalue weighted by molar-refractivity contribution is -0.133. The number of anilines is 1. The van der Waals surface area contributed by atoms with Gasteiger partial charge in [-0.05, 0) is 32.4 Å². The van der Waals surface area contributed by atoms with Crippen molar-refractivity contribution in [3.05, 3.63) is 24.3 Å². The number of rotatable bonds is 7. The molecule has 3 amide bonds. The molecule has 0 aromatic heterocycles. The van der Waals surface area contributed by atoms with Gasteiger partial charge in [-0.3, -0.25) is 14.4 Å². The number of hydrogen-bond acceptors (Lipinski definition) is 4. The molecule has 1 aliphatic rings. The Morgan fingerprint density at radius 2 is 2.00 bits per heavy atom. The maximum Gasteiger partial charge on any atom is 0.233 e. The largest absolute Gasteiger partial charge is 0.492 e. The second kappa shape index (κ2) is 9.05. The lowest BCUT2D eigenvalue weighted by atomic mass is 10.1. The first-order valence-electron chi connectivity index (χ1n) is 8.62. The number of nitrogens with one attached hydrogen (secondary N) is 2. The molecule has 1 atom stereocenters. The highest BCUT2D eigenvalue weighted by Gasteiger charge is 2.31. The first kappa shape index (κ1) is 18.8. The Morgan fingerprint density at radius 1 is 1.24 bits per heavy atom. The summed E-state index contributed by atoms with van der Waals surface area (Å²) in [7, 11) is 0. The second-order valence-electron chi connectivity index (χ2n) is 5.87. The molecule has 1 heterocycles. The predicted molar refractivity (Wildman–Crippen MR) is 94.2 cm³/mol. The highest BCUT2D eigenvalue weighted by Crippen LogP contribution is 2.24. The zero-order valence-corrected chi connectivity index (χ0v) is 14.7. The molecule has 0 saturated carbocycles. The number of hydrogen-bond donors (Lipinski definition) is 2. The van der Waals surface area contributed by atoms with E-state index in [4.69, 9.17) is 4.74 Å². The van der Waals surface area contributed by atoms with Crippen molar-refractivity contribution in [2.24, 2.45) is 5.92 Å².